The zero-order valence-corrected chi connectivity index (χ0v) is 16.7. The molecule has 1 atom stereocenters. The second kappa shape index (κ2) is 9.38. The number of halogens is 1. The summed E-state index contributed by atoms with van der Waals surface area (Å²) in [6.45, 7) is 5.77. The van der Waals surface area contributed by atoms with E-state index in [0.29, 0.717) is 17.0 Å². The lowest BCUT2D eigenvalue weighted by Gasteiger charge is -2.13. The molecule has 0 heterocycles. The van der Waals surface area contributed by atoms with E-state index >= 15 is 0 Å². The first-order valence-electron chi connectivity index (χ1n) is 8.48. The summed E-state index contributed by atoms with van der Waals surface area (Å²) in [7, 11) is 0. The lowest BCUT2D eigenvalue weighted by atomic mass is 10.1. The Morgan fingerprint density at radius 1 is 1.19 bits per heavy atom. The molecule has 2 N–H and O–H groups in total. The quantitative estimate of drug-likeness (QED) is 0.703. The molecule has 0 spiro atoms. The second-order valence-electron chi connectivity index (χ2n) is 6.11. The van der Waals surface area contributed by atoms with Crippen LogP contribution in [0.15, 0.2) is 46.9 Å². The molecule has 2 amide bonds. The van der Waals surface area contributed by atoms with Gasteiger partial charge < -0.3 is 15.4 Å². The Morgan fingerprint density at radius 2 is 1.96 bits per heavy atom. The summed E-state index contributed by atoms with van der Waals surface area (Å²) in [6, 6.07) is 12.5. The first-order chi connectivity index (χ1) is 12.4. The Labute approximate surface area is 162 Å². The van der Waals surface area contributed by atoms with Crippen molar-refractivity contribution in [3.05, 3.63) is 58.1 Å². The van der Waals surface area contributed by atoms with Gasteiger partial charge in [0.25, 0.3) is 11.8 Å². The van der Waals surface area contributed by atoms with Crippen LogP contribution < -0.4 is 15.4 Å². The van der Waals surface area contributed by atoms with Crippen LogP contribution in [0.25, 0.3) is 0 Å². The van der Waals surface area contributed by atoms with Gasteiger partial charge in [-0.15, -0.1) is 0 Å². The third-order valence-electron chi connectivity index (χ3n) is 3.89. The molecule has 0 saturated carbocycles. The van der Waals surface area contributed by atoms with Gasteiger partial charge in [-0.25, -0.2) is 0 Å². The van der Waals surface area contributed by atoms with Gasteiger partial charge in [0, 0.05) is 21.8 Å². The maximum Gasteiger partial charge on any atom is 0.262 e. The molecule has 2 aromatic rings. The Balaban J connectivity index is 1.94. The van der Waals surface area contributed by atoms with Crippen LogP contribution in [-0.2, 0) is 4.79 Å². The molecular weight excluding hydrogens is 396 g/mol. The largest absolute Gasteiger partial charge is 0.483 e. The average molecular weight is 419 g/mol. The molecule has 0 aliphatic rings. The van der Waals surface area contributed by atoms with Crippen molar-refractivity contribution in [1.29, 1.82) is 0 Å². The first-order valence-corrected chi connectivity index (χ1v) is 9.28. The fraction of sp³-hybridized carbons (Fsp3) is 0.300. The van der Waals surface area contributed by atoms with Crippen LogP contribution >= 0.6 is 15.9 Å². The van der Waals surface area contributed by atoms with Crippen LogP contribution in [0.5, 0.6) is 5.75 Å². The molecule has 6 heteroatoms. The number of nitrogens with one attached hydrogen (secondary N) is 2. The number of benzene rings is 2. The predicted octanol–water partition coefficient (Wildman–Crippen LogP) is 4.30. The van der Waals surface area contributed by atoms with E-state index in [-0.39, 0.29) is 24.5 Å². The number of anilines is 1. The molecule has 0 aliphatic carbocycles. The normalized spacial score (nSPS) is 11.5. The molecular formula is C20H23BrN2O3. The smallest absolute Gasteiger partial charge is 0.262 e. The van der Waals surface area contributed by atoms with Gasteiger partial charge in [0.1, 0.15) is 5.75 Å². The van der Waals surface area contributed by atoms with Gasteiger partial charge in [0.05, 0.1) is 0 Å². The summed E-state index contributed by atoms with van der Waals surface area (Å²) < 4.78 is 6.52. The molecule has 0 saturated heterocycles. The fourth-order valence-electron chi connectivity index (χ4n) is 2.26. The summed E-state index contributed by atoms with van der Waals surface area (Å²) >= 11 is 3.39. The van der Waals surface area contributed by atoms with E-state index < -0.39 is 0 Å². The molecule has 0 bridgehead atoms. The maximum absolute atomic E-state index is 12.2. The summed E-state index contributed by atoms with van der Waals surface area (Å²) in [4.78, 5) is 24.3. The molecule has 26 heavy (non-hydrogen) atoms. The van der Waals surface area contributed by atoms with E-state index in [1.54, 1.807) is 24.3 Å². The van der Waals surface area contributed by atoms with E-state index in [9.17, 15) is 9.59 Å². The van der Waals surface area contributed by atoms with Gasteiger partial charge in [-0.3, -0.25) is 9.59 Å². The summed E-state index contributed by atoms with van der Waals surface area (Å²) in [5.41, 5.74) is 2.01. The standard InChI is InChI=1S/C20H23BrN2O3/c1-4-14(3)22-20(25)15-6-5-7-17(11-15)23-19(24)12-26-18-9-8-16(21)10-13(18)2/h5-11,14H,4,12H2,1-3H3,(H,22,25)(H,23,24). The minimum Gasteiger partial charge on any atom is -0.483 e. The number of aryl methyl sites for hydroxylation is 1. The highest BCUT2D eigenvalue weighted by atomic mass is 79.9. The van der Waals surface area contributed by atoms with Gasteiger partial charge in [0.2, 0.25) is 0 Å². The molecule has 2 aromatic carbocycles. The van der Waals surface area contributed by atoms with E-state index in [1.165, 1.54) is 0 Å². The molecule has 5 nitrogen and oxygen atoms in total. The van der Waals surface area contributed by atoms with E-state index in [2.05, 4.69) is 26.6 Å². The van der Waals surface area contributed by atoms with Crippen molar-refractivity contribution >= 4 is 33.4 Å². The molecule has 0 radical (unpaired) electrons. The van der Waals surface area contributed by atoms with Gasteiger partial charge in [-0.1, -0.05) is 28.9 Å². The monoisotopic (exact) mass is 418 g/mol. The first kappa shape index (κ1) is 20.0. The van der Waals surface area contributed by atoms with E-state index in [0.717, 1.165) is 16.5 Å². The summed E-state index contributed by atoms with van der Waals surface area (Å²) in [5.74, 6) is 0.217. The van der Waals surface area contributed by atoms with E-state index in [1.807, 2.05) is 39.0 Å². The highest BCUT2D eigenvalue weighted by Crippen LogP contribution is 2.22. The molecule has 0 fully saturated rings. The van der Waals surface area contributed by atoms with Crippen molar-refractivity contribution < 1.29 is 14.3 Å². The van der Waals surface area contributed by atoms with Crippen molar-refractivity contribution in [3.8, 4) is 5.75 Å². The highest BCUT2D eigenvalue weighted by molar-refractivity contribution is 9.10. The van der Waals surface area contributed by atoms with Crippen LogP contribution in [-0.4, -0.2) is 24.5 Å². The van der Waals surface area contributed by atoms with Gasteiger partial charge in [-0.05, 0) is 62.2 Å². The number of hydrogen-bond donors (Lipinski definition) is 2. The number of amides is 2. The number of ether oxygens (including phenoxy) is 1. The third-order valence-corrected chi connectivity index (χ3v) is 4.39. The van der Waals surface area contributed by atoms with Gasteiger partial charge in [0.15, 0.2) is 6.61 Å². The fourth-order valence-corrected chi connectivity index (χ4v) is 2.74. The van der Waals surface area contributed by atoms with Crippen LogP contribution in [0.1, 0.15) is 36.2 Å². The number of rotatable bonds is 7. The zero-order valence-electron chi connectivity index (χ0n) is 15.1. The highest BCUT2D eigenvalue weighted by Gasteiger charge is 2.11. The molecule has 0 aromatic heterocycles. The molecule has 2 rings (SSSR count). The molecule has 138 valence electrons. The summed E-state index contributed by atoms with van der Waals surface area (Å²) in [5, 5.41) is 5.66. The van der Waals surface area contributed by atoms with Crippen molar-refractivity contribution in [2.24, 2.45) is 0 Å². The van der Waals surface area contributed by atoms with Crippen LogP contribution in [0, 0.1) is 6.92 Å². The van der Waals surface area contributed by atoms with Crippen LogP contribution in [0.2, 0.25) is 0 Å². The van der Waals surface area contributed by atoms with Crippen LogP contribution in [0.4, 0.5) is 5.69 Å². The Hall–Kier alpha value is -2.34. The average Bonchev–Trinajstić information content (AvgIpc) is 2.61. The number of carbonyl (C=O) groups is 2. The van der Waals surface area contributed by atoms with Crippen molar-refractivity contribution in [3.63, 3.8) is 0 Å². The Kier molecular flexibility index (Phi) is 7.21. The second-order valence-corrected chi connectivity index (χ2v) is 7.03. The minimum absolute atomic E-state index is 0.100. The van der Waals surface area contributed by atoms with Crippen molar-refractivity contribution in [2.75, 3.05) is 11.9 Å². The van der Waals surface area contributed by atoms with Crippen molar-refractivity contribution in [2.45, 2.75) is 33.2 Å². The number of carbonyl (C=O) groups excluding carboxylic acids is 2. The Bertz CT molecular complexity index is 792. The summed E-state index contributed by atoms with van der Waals surface area (Å²) in [6.07, 6.45) is 0.856. The van der Waals surface area contributed by atoms with Crippen LogP contribution in [0.3, 0.4) is 0 Å². The minimum atomic E-state index is -0.285. The molecule has 1 unspecified atom stereocenters. The van der Waals surface area contributed by atoms with Crippen molar-refractivity contribution in [1.82, 2.24) is 5.32 Å². The zero-order chi connectivity index (χ0) is 19.1. The van der Waals surface area contributed by atoms with Gasteiger partial charge in [-0.2, -0.15) is 0 Å². The third kappa shape index (κ3) is 5.88. The lowest BCUT2D eigenvalue weighted by Crippen LogP contribution is -2.32. The number of hydrogen-bond acceptors (Lipinski definition) is 3. The SMILES string of the molecule is CCC(C)NC(=O)c1cccc(NC(=O)COc2ccc(Br)cc2C)c1. The topological polar surface area (TPSA) is 67.4 Å². The molecule has 0 aliphatic heterocycles. The van der Waals surface area contributed by atoms with E-state index in [4.69, 9.17) is 4.74 Å². The van der Waals surface area contributed by atoms with Gasteiger partial charge >= 0.3 is 0 Å². The maximum atomic E-state index is 12.2. The predicted molar refractivity (Wildman–Crippen MR) is 107 cm³/mol. The Morgan fingerprint density at radius 3 is 2.65 bits per heavy atom. The lowest BCUT2D eigenvalue weighted by molar-refractivity contribution is -0.118.